The third-order valence-electron chi connectivity index (χ3n) is 4.33. The third-order valence-corrected chi connectivity index (χ3v) is 4.68. The van der Waals surface area contributed by atoms with Crippen molar-refractivity contribution in [2.45, 2.75) is 24.8 Å². The summed E-state index contributed by atoms with van der Waals surface area (Å²) in [5.41, 5.74) is 0.232. The molecule has 7 heteroatoms. The van der Waals surface area contributed by atoms with Crippen LogP contribution in [0.3, 0.4) is 0 Å². The lowest BCUT2D eigenvalue weighted by Crippen LogP contribution is -2.55. The van der Waals surface area contributed by atoms with E-state index >= 15 is 0 Å². The van der Waals surface area contributed by atoms with Crippen molar-refractivity contribution in [1.82, 2.24) is 10.2 Å². The van der Waals surface area contributed by atoms with Gasteiger partial charge in [0.15, 0.2) is 0 Å². The molecule has 1 aliphatic rings. The van der Waals surface area contributed by atoms with Gasteiger partial charge in [-0.05, 0) is 43.0 Å². The van der Waals surface area contributed by atoms with Crippen LogP contribution in [0.15, 0.2) is 30.9 Å². The minimum Gasteiger partial charge on any atom is -0.381 e. The van der Waals surface area contributed by atoms with Crippen LogP contribution in [-0.2, 0) is 20.7 Å². The Morgan fingerprint density at radius 2 is 2.12 bits per heavy atom. The number of ether oxygens (including phenoxy) is 1. The molecule has 1 aliphatic heterocycles. The van der Waals surface area contributed by atoms with Crippen LogP contribution in [0.4, 0.5) is 4.39 Å². The summed E-state index contributed by atoms with van der Waals surface area (Å²) in [4.78, 5) is 25.2. The minimum absolute atomic E-state index is 0.0649. The summed E-state index contributed by atoms with van der Waals surface area (Å²) in [6.45, 7) is 4.37. The molecule has 0 unspecified atom stereocenters. The van der Waals surface area contributed by atoms with Crippen molar-refractivity contribution in [3.63, 3.8) is 0 Å². The Bertz CT molecular complexity index is 660. The lowest BCUT2D eigenvalue weighted by molar-refractivity contribution is -0.132. The smallest absolute Gasteiger partial charge is 0.246 e. The zero-order valence-corrected chi connectivity index (χ0v) is 14.9. The number of benzene rings is 1. The van der Waals surface area contributed by atoms with Gasteiger partial charge < -0.3 is 15.0 Å². The van der Waals surface area contributed by atoms with Crippen LogP contribution in [0.25, 0.3) is 0 Å². The predicted molar refractivity (Wildman–Crippen MR) is 93.9 cm³/mol. The highest BCUT2D eigenvalue weighted by Crippen LogP contribution is 2.29. The van der Waals surface area contributed by atoms with Gasteiger partial charge in [-0.15, -0.1) is 0 Å². The second-order valence-electron chi connectivity index (χ2n) is 6.25. The largest absolute Gasteiger partial charge is 0.381 e. The molecule has 0 spiro atoms. The third kappa shape index (κ3) is 5.28. The van der Waals surface area contributed by atoms with Gasteiger partial charge in [-0.2, -0.15) is 0 Å². The Morgan fingerprint density at radius 3 is 2.72 bits per heavy atom. The van der Waals surface area contributed by atoms with Gasteiger partial charge in [0.1, 0.15) is 5.82 Å². The van der Waals surface area contributed by atoms with E-state index in [2.05, 4.69) is 11.9 Å². The predicted octanol–water partition coefficient (Wildman–Crippen LogP) is 2.33. The molecule has 136 valence electrons. The molecule has 2 rings (SSSR count). The highest BCUT2D eigenvalue weighted by Gasteiger charge is 2.35. The number of hydrogen-bond acceptors (Lipinski definition) is 3. The van der Waals surface area contributed by atoms with Gasteiger partial charge in [-0.25, -0.2) is 4.39 Å². The van der Waals surface area contributed by atoms with Crippen molar-refractivity contribution in [2.24, 2.45) is 0 Å². The number of nitrogens with zero attached hydrogens (tertiary/aromatic N) is 1. The second kappa shape index (κ2) is 8.45. The summed E-state index contributed by atoms with van der Waals surface area (Å²) in [6, 6.07) is 4.25. The monoisotopic (exact) mass is 368 g/mol. The molecule has 1 saturated heterocycles. The first kappa shape index (κ1) is 19.4. The van der Waals surface area contributed by atoms with Crippen molar-refractivity contribution >= 4 is 23.4 Å². The highest BCUT2D eigenvalue weighted by atomic mass is 35.5. The molecule has 0 radical (unpaired) electrons. The zero-order chi connectivity index (χ0) is 18.4. The number of likely N-dealkylation sites (N-methyl/N-ethyl adjacent to an activating group) is 1. The van der Waals surface area contributed by atoms with Gasteiger partial charge >= 0.3 is 0 Å². The number of carbonyl (C=O) groups excluding carboxylic acids is 2. The molecule has 1 fully saturated rings. The van der Waals surface area contributed by atoms with Crippen molar-refractivity contribution in [3.05, 3.63) is 47.3 Å². The standard InChI is InChI=1S/C18H22ClFN2O3/c1-3-17(24)22(2)12-16(23)21-18(6-8-25-9-7-18)11-13-4-5-14(20)10-15(13)19/h3-5,10H,1,6-9,11-12H2,2H3,(H,21,23). The van der Waals surface area contributed by atoms with Crippen LogP contribution in [0, 0.1) is 5.82 Å². The molecule has 0 aromatic heterocycles. The maximum atomic E-state index is 13.3. The van der Waals surface area contributed by atoms with Crippen molar-refractivity contribution in [1.29, 1.82) is 0 Å². The van der Waals surface area contributed by atoms with Gasteiger partial charge in [0, 0.05) is 30.8 Å². The van der Waals surface area contributed by atoms with E-state index in [9.17, 15) is 14.0 Å². The fourth-order valence-electron chi connectivity index (χ4n) is 2.92. The average molecular weight is 369 g/mol. The van der Waals surface area contributed by atoms with E-state index in [1.807, 2.05) is 0 Å². The van der Waals surface area contributed by atoms with E-state index in [4.69, 9.17) is 16.3 Å². The molecule has 0 atom stereocenters. The van der Waals surface area contributed by atoms with Gasteiger partial charge in [-0.3, -0.25) is 9.59 Å². The molecular weight excluding hydrogens is 347 g/mol. The summed E-state index contributed by atoms with van der Waals surface area (Å²) >= 11 is 6.14. The van der Waals surface area contributed by atoms with E-state index in [0.29, 0.717) is 37.5 Å². The van der Waals surface area contributed by atoms with Gasteiger partial charge in [0.25, 0.3) is 0 Å². The number of amides is 2. The second-order valence-corrected chi connectivity index (χ2v) is 6.66. The molecule has 1 heterocycles. The number of halogens is 2. The van der Waals surface area contributed by atoms with Crippen LogP contribution in [0.5, 0.6) is 0 Å². The van der Waals surface area contributed by atoms with E-state index in [1.165, 1.54) is 24.1 Å². The Balaban J connectivity index is 2.13. The Labute approximate surface area is 151 Å². The molecule has 2 amide bonds. The normalized spacial score (nSPS) is 16.1. The number of hydrogen-bond donors (Lipinski definition) is 1. The number of rotatable bonds is 6. The fraction of sp³-hybridized carbons (Fsp3) is 0.444. The molecule has 5 nitrogen and oxygen atoms in total. The zero-order valence-electron chi connectivity index (χ0n) is 14.2. The summed E-state index contributed by atoms with van der Waals surface area (Å²) in [6.07, 6.45) is 2.87. The lowest BCUT2D eigenvalue weighted by Gasteiger charge is -2.39. The van der Waals surface area contributed by atoms with E-state index in [0.717, 1.165) is 11.6 Å². The van der Waals surface area contributed by atoms with Gasteiger partial charge in [0.05, 0.1) is 6.54 Å². The molecule has 1 aromatic rings. The quantitative estimate of drug-likeness (QED) is 0.784. The van der Waals surface area contributed by atoms with Crippen LogP contribution in [0.2, 0.25) is 5.02 Å². The lowest BCUT2D eigenvalue weighted by atomic mass is 9.83. The van der Waals surface area contributed by atoms with Crippen LogP contribution in [-0.4, -0.2) is 49.1 Å². The van der Waals surface area contributed by atoms with Crippen LogP contribution >= 0.6 is 11.6 Å². The first-order valence-electron chi connectivity index (χ1n) is 8.05. The van der Waals surface area contributed by atoms with Crippen LogP contribution in [0.1, 0.15) is 18.4 Å². The molecule has 0 aliphatic carbocycles. The van der Waals surface area contributed by atoms with E-state index < -0.39 is 11.4 Å². The average Bonchev–Trinajstić information content (AvgIpc) is 2.57. The van der Waals surface area contributed by atoms with E-state index in [1.54, 1.807) is 6.07 Å². The Morgan fingerprint density at radius 1 is 1.44 bits per heavy atom. The number of carbonyl (C=O) groups is 2. The summed E-state index contributed by atoms with van der Waals surface area (Å²) in [5, 5.41) is 3.37. The summed E-state index contributed by atoms with van der Waals surface area (Å²) in [5.74, 6) is -0.987. The SMILES string of the molecule is C=CC(=O)N(C)CC(=O)NC1(Cc2ccc(F)cc2Cl)CCOCC1. The molecule has 1 N–H and O–H groups in total. The molecule has 0 bridgehead atoms. The summed E-state index contributed by atoms with van der Waals surface area (Å²) in [7, 11) is 1.54. The molecule has 25 heavy (non-hydrogen) atoms. The Kier molecular flexibility index (Phi) is 6.56. The highest BCUT2D eigenvalue weighted by molar-refractivity contribution is 6.31. The minimum atomic E-state index is -0.533. The van der Waals surface area contributed by atoms with Crippen molar-refractivity contribution in [3.8, 4) is 0 Å². The van der Waals surface area contributed by atoms with Gasteiger partial charge in [0.2, 0.25) is 11.8 Å². The first-order valence-corrected chi connectivity index (χ1v) is 8.43. The number of nitrogens with one attached hydrogen (secondary N) is 1. The topological polar surface area (TPSA) is 58.6 Å². The van der Waals surface area contributed by atoms with Gasteiger partial charge in [-0.1, -0.05) is 24.2 Å². The van der Waals surface area contributed by atoms with Crippen molar-refractivity contribution in [2.75, 3.05) is 26.8 Å². The molecular formula is C18H22ClFN2O3. The summed E-state index contributed by atoms with van der Waals surface area (Å²) < 4.78 is 18.7. The van der Waals surface area contributed by atoms with Crippen LogP contribution < -0.4 is 5.32 Å². The molecule has 0 saturated carbocycles. The van der Waals surface area contributed by atoms with Crippen molar-refractivity contribution < 1.29 is 18.7 Å². The fourth-order valence-corrected chi connectivity index (χ4v) is 3.16. The first-order chi connectivity index (χ1) is 11.8. The van der Waals surface area contributed by atoms with E-state index in [-0.39, 0.29) is 18.4 Å². The Hall–Kier alpha value is -1.92. The molecule has 1 aromatic carbocycles. The maximum absolute atomic E-state index is 13.3. The maximum Gasteiger partial charge on any atom is 0.246 e.